The molecule has 0 atom stereocenters. The normalized spacial score (nSPS) is 14.1. The van der Waals surface area contributed by atoms with Gasteiger partial charge in [-0.2, -0.15) is 0 Å². The van der Waals surface area contributed by atoms with Crippen LogP contribution in [-0.4, -0.2) is 59.1 Å². The number of ether oxygens (including phenoxy) is 1. The van der Waals surface area contributed by atoms with Crippen molar-refractivity contribution in [2.45, 2.75) is 4.90 Å². The number of hydrogen-bond donors (Lipinski definition) is 0. The molecule has 3 aromatic rings. The standard InChI is InChI=1S/C25H27N3O4S/c1-32-24-15-9-8-14-23(24)26-16-18-27(19-17-26)25(29)20-28(21-10-4-2-5-11-21)33(30,31)22-12-6-3-7-13-22/h2-15H,16-20H2,1H3. The summed E-state index contributed by atoms with van der Waals surface area (Å²) in [7, 11) is -2.25. The molecule has 0 bridgehead atoms. The molecule has 0 aliphatic carbocycles. The third kappa shape index (κ3) is 4.96. The molecule has 7 nitrogen and oxygen atoms in total. The number of sulfonamides is 1. The molecule has 0 unspecified atom stereocenters. The number of carbonyl (C=O) groups excluding carboxylic acids is 1. The molecular weight excluding hydrogens is 438 g/mol. The highest BCUT2D eigenvalue weighted by Crippen LogP contribution is 2.29. The summed E-state index contributed by atoms with van der Waals surface area (Å²) in [6.45, 7) is 2.04. The van der Waals surface area contributed by atoms with E-state index < -0.39 is 10.0 Å². The van der Waals surface area contributed by atoms with Gasteiger partial charge >= 0.3 is 0 Å². The Kier molecular flexibility index (Phi) is 6.84. The average Bonchev–Trinajstić information content (AvgIpc) is 2.88. The quantitative estimate of drug-likeness (QED) is 0.536. The van der Waals surface area contributed by atoms with E-state index in [1.54, 1.807) is 66.6 Å². The molecule has 0 radical (unpaired) electrons. The van der Waals surface area contributed by atoms with Gasteiger partial charge in [0, 0.05) is 26.2 Å². The highest BCUT2D eigenvalue weighted by atomic mass is 32.2. The maximum absolute atomic E-state index is 13.4. The van der Waals surface area contributed by atoms with Crippen molar-refractivity contribution in [2.75, 3.05) is 49.0 Å². The predicted molar refractivity (Wildman–Crippen MR) is 129 cm³/mol. The number of carbonyl (C=O) groups is 1. The van der Waals surface area contributed by atoms with Gasteiger partial charge in [0.15, 0.2) is 0 Å². The van der Waals surface area contributed by atoms with Crippen LogP contribution in [0.3, 0.4) is 0 Å². The van der Waals surface area contributed by atoms with E-state index in [-0.39, 0.29) is 17.3 Å². The van der Waals surface area contributed by atoms with Crippen molar-refractivity contribution in [3.63, 3.8) is 0 Å². The molecule has 4 rings (SSSR count). The maximum atomic E-state index is 13.4. The first-order valence-corrected chi connectivity index (χ1v) is 12.2. The zero-order valence-corrected chi connectivity index (χ0v) is 19.3. The predicted octanol–water partition coefficient (Wildman–Crippen LogP) is 3.24. The van der Waals surface area contributed by atoms with Crippen LogP contribution in [0.15, 0.2) is 89.8 Å². The fourth-order valence-corrected chi connectivity index (χ4v) is 5.37. The minimum Gasteiger partial charge on any atom is -0.495 e. The molecule has 0 N–H and O–H groups in total. The third-order valence-corrected chi connectivity index (χ3v) is 7.50. The Bertz CT molecular complexity index is 1180. The second-order valence-corrected chi connectivity index (χ2v) is 9.56. The van der Waals surface area contributed by atoms with Gasteiger partial charge in [-0.15, -0.1) is 0 Å². The summed E-state index contributed by atoms with van der Waals surface area (Å²) in [5.41, 5.74) is 1.45. The van der Waals surface area contributed by atoms with Crippen LogP contribution < -0.4 is 13.9 Å². The molecule has 33 heavy (non-hydrogen) atoms. The number of anilines is 2. The smallest absolute Gasteiger partial charge is 0.264 e. The molecule has 0 saturated carbocycles. The molecule has 0 aromatic heterocycles. The van der Waals surface area contributed by atoms with Crippen molar-refractivity contribution >= 4 is 27.3 Å². The molecule has 1 aliphatic rings. The second kappa shape index (κ2) is 9.95. The lowest BCUT2D eigenvalue weighted by Gasteiger charge is -2.37. The van der Waals surface area contributed by atoms with E-state index in [2.05, 4.69) is 4.90 Å². The van der Waals surface area contributed by atoms with Gasteiger partial charge < -0.3 is 14.5 Å². The number of hydrogen-bond acceptors (Lipinski definition) is 5. The largest absolute Gasteiger partial charge is 0.495 e. The van der Waals surface area contributed by atoms with Gasteiger partial charge in [-0.05, 0) is 36.4 Å². The first kappa shape index (κ1) is 22.7. The Labute approximate surface area is 194 Å². The highest BCUT2D eigenvalue weighted by molar-refractivity contribution is 7.92. The molecule has 1 aliphatic heterocycles. The van der Waals surface area contributed by atoms with Crippen LogP contribution >= 0.6 is 0 Å². The Hall–Kier alpha value is -3.52. The molecule has 1 saturated heterocycles. The van der Waals surface area contributed by atoms with E-state index in [4.69, 9.17) is 4.74 Å². The number of nitrogens with zero attached hydrogens (tertiary/aromatic N) is 3. The molecule has 1 fully saturated rings. The lowest BCUT2D eigenvalue weighted by atomic mass is 10.2. The zero-order valence-electron chi connectivity index (χ0n) is 18.5. The van der Waals surface area contributed by atoms with Crippen LogP contribution in [0.5, 0.6) is 5.75 Å². The number of amides is 1. The maximum Gasteiger partial charge on any atom is 0.264 e. The summed E-state index contributed by atoms with van der Waals surface area (Å²) in [6.07, 6.45) is 0. The first-order chi connectivity index (χ1) is 16.0. The van der Waals surface area contributed by atoms with Gasteiger partial charge in [0.1, 0.15) is 12.3 Å². The third-order valence-electron chi connectivity index (χ3n) is 5.71. The number of methoxy groups -OCH3 is 1. The molecular formula is C25H27N3O4S. The molecule has 8 heteroatoms. The van der Waals surface area contributed by atoms with Crippen LogP contribution in [0.4, 0.5) is 11.4 Å². The van der Waals surface area contributed by atoms with Gasteiger partial charge in [-0.25, -0.2) is 8.42 Å². The molecule has 1 amide bonds. The van der Waals surface area contributed by atoms with E-state index in [0.717, 1.165) is 11.4 Å². The van der Waals surface area contributed by atoms with Gasteiger partial charge in [0.2, 0.25) is 5.91 Å². The summed E-state index contributed by atoms with van der Waals surface area (Å²) in [5, 5.41) is 0. The topological polar surface area (TPSA) is 70.2 Å². The zero-order chi connectivity index (χ0) is 23.3. The van der Waals surface area contributed by atoms with Gasteiger partial charge in [0.05, 0.1) is 23.4 Å². The van der Waals surface area contributed by atoms with Gasteiger partial charge in [-0.1, -0.05) is 48.5 Å². The van der Waals surface area contributed by atoms with Crippen molar-refractivity contribution in [2.24, 2.45) is 0 Å². The summed E-state index contributed by atoms with van der Waals surface area (Å²) >= 11 is 0. The Morgan fingerprint density at radius 1 is 0.848 bits per heavy atom. The summed E-state index contributed by atoms with van der Waals surface area (Å²) < 4.78 is 33.4. The number of piperazine rings is 1. The summed E-state index contributed by atoms with van der Waals surface area (Å²) in [6, 6.07) is 24.7. The van der Waals surface area contributed by atoms with Crippen LogP contribution in [0.2, 0.25) is 0 Å². The minimum atomic E-state index is -3.89. The Balaban J connectivity index is 1.50. The number of benzene rings is 3. The highest BCUT2D eigenvalue weighted by Gasteiger charge is 2.30. The molecule has 0 spiro atoms. The first-order valence-electron chi connectivity index (χ1n) is 10.8. The van der Waals surface area contributed by atoms with Crippen molar-refractivity contribution in [3.05, 3.63) is 84.9 Å². The van der Waals surface area contributed by atoms with Crippen molar-refractivity contribution in [3.8, 4) is 5.75 Å². The average molecular weight is 466 g/mol. The van der Waals surface area contributed by atoms with E-state index in [0.29, 0.717) is 31.9 Å². The fraction of sp³-hybridized carbons (Fsp3) is 0.240. The molecule has 172 valence electrons. The van der Waals surface area contributed by atoms with Crippen LogP contribution in [0.25, 0.3) is 0 Å². The summed E-state index contributed by atoms with van der Waals surface area (Å²) in [4.78, 5) is 17.3. The van der Waals surface area contributed by atoms with Gasteiger partial charge in [-0.3, -0.25) is 9.10 Å². The van der Waals surface area contributed by atoms with Crippen molar-refractivity contribution in [1.82, 2.24) is 4.90 Å². The molecule has 3 aromatic carbocycles. The lowest BCUT2D eigenvalue weighted by Crippen LogP contribution is -2.52. The van der Waals surface area contributed by atoms with Crippen molar-refractivity contribution in [1.29, 1.82) is 0 Å². The van der Waals surface area contributed by atoms with Crippen LogP contribution in [0.1, 0.15) is 0 Å². The van der Waals surface area contributed by atoms with Crippen molar-refractivity contribution < 1.29 is 17.9 Å². The number of rotatable bonds is 7. The Morgan fingerprint density at radius 2 is 1.42 bits per heavy atom. The van der Waals surface area contributed by atoms with E-state index in [1.807, 2.05) is 30.3 Å². The van der Waals surface area contributed by atoms with E-state index >= 15 is 0 Å². The van der Waals surface area contributed by atoms with E-state index in [9.17, 15) is 13.2 Å². The second-order valence-electron chi connectivity index (χ2n) is 7.70. The van der Waals surface area contributed by atoms with Crippen LogP contribution in [-0.2, 0) is 14.8 Å². The monoisotopic (exact) mass is 465 g/mol. The SMILES string of the molecule is COc1ccccc1N1CCN(C(=O)CN(c2ccccc2)S(=O)(=O)c2ccccc2)CC1. The number of para-hydroxylation sites is 3. The minimum absolute atomic E-state index is 0.155. The van der Waals surface area contributed by atoms with Crippen LogP contribution in [0, 0.1) is 0 Å². The Morgan fingerprint density at radius 3 is 2.06 bits per heavy atom. The lowest BCUT2D eigenvalue weighted by molar-refractivity contribution is -0.129. The summed E-state index contributed by atoms with van der Waals surface area (Å²) in [5.74, 6) is 0.569. The molecule has 1 heterocycles. The van der Waals surface area contributed by atoms with Gasteiger partial charge in [0.25, 0.3) is 10.0 Å². The fourth-order valence-electron chi connectivity index (χ4n) is 3.94. The van der Waals surface area contributed by atoms with E-state index in [1.165, 1.54) is 4.31 Å².